The molecule has 0 heterocycles. The van der Waals surface area contributed by atoms with E-state index in [2.05, 4.69) is 0 Å². The van der Waals surface area contributed by atoms with E-state index < -0.39 is 0 Å². The fourth-order valence-corrected chi connectivity index (χ4v) is 1.22. The van der Waals surface area contributed by atoms with Crippen LogP contribution in [-0.4, -0.2) is 25.4 Å². The summed E-state index contributed by atoms with van der Waals surface area (Å²) in [6, 6.07) is 2.97. The Labute approximate surface area is 89.4 Å². The summed E-state index contributed by atoms with van der Waals surface area (Å²) in [5.41, 5.74) is 0. The van der Waals surface area contributed by atoms with E-state index in [0.717, 1.165) is 0 Å². The van der Waals surface area contributed by atoms with E-state index >= 15 is 0 Å². The standard InChI is InChI=1S/C11H16O4/c1-7(2)15-11-9(13-3)5-8(12)6-10(11)14-4/h5-7,12H,1-4H3. The first-order valence-electron chi connectivity index (χ1n) is 4.70. The minimum absolute atomic E-state index is 0.0114. The lowest BCUT2D eigenvalue weighted by Gasteiger charge is -2.16. The molecule has 0 spiro atoms. The lowest BCUT2D eigenvalue weighted by atomic mass is 10.2. The molecule has 0 saturated heterocycles. The topological polar surface area (TPSA) is 47.9 Å². The van der Waals surface area contributed by atoms with Crippen molar-refractivity contribution in [2.24, 2.45) is 0 Å². The van der Waals surface area contributed by atoms with Crippen LogP contribution in [0.4, 0.5) is 0 Å². The Kier molecular flexibility index (Phi) is 3.66. The Morgan fingerprint density at radius 3 is 1.87 bits per heavy atom. The van der Waals surface area contributed by atoms with E-state index in [9.17, 15) is 5.11 Å². The van der Waals surface area contributed by atoms with E-state index in [-0.39, 0.29) is 11.9 Å². The largest absolute Gasteiger partial charge is 0.508 e. The molecule has 0 bridgehead atoms. The summed E-state index contributed by atoms with van der Waals surface area (Å²) in [6.07, 6.45) is 0.0114. The molecule has 0 unspecified atom stereocenters. The van der Waals surface area contributed by atoms with Gasteiger partial charge in [0, 0.05) is 12.1 Å². The first-order chi connectivity index (χ1) is 7.08. The highest BCUT2D eigenvalue weighted by atomic mass is 16.5. The number of benzene rings is 1. The Hall–Kier alpha value is -1.58. The van der Waals surface area contributed by atoms with E-state index in [4.69, 9.17) is 14.2 Å². The molecule has 0 aliphatic rings. The molecule has 1 aromatic rings. The van der Waals surface area contributed by atoms with Gasteiger partial charge < -0.3 is 19.3 Å². The third-order valence-electron chi connectivity index (χ3n) is 1.80. The quantitative estimate of drug-likeness (QED) is 0.831. The minimum atomic E-state index is 0.0114. The number of methoxy groups -OCH3 is 2. The smallest absolute Gasteiger partial charge is 0.204 e. The molecule has 0 radical (unpaired) electrons. The van der Waals surface area contributed by atoms with Crippen molar-refractivity contribution in [2.75, 3.05) is 14.2 Å². The van der Waals surface area contributed by atoms with Gasteiger partial charge >= 0.3 is 0 Å². The molecule has 1 rings (SSSR count). The minimum Gasteiger partial charge on any atom is -0.508 e. The zero-order valence-corrected chi connectivity index (χ0v) is 9.40. The maximum absolute atomic E-state index is 9.40. The number of aromatic hydroxyl groups is 1. The second-order valence-electron chi connectivity index (χ2n) is 3.35. The number of hydrogen-bond donors (Lipinski definition) is 1. The molecule has 0 fully saturated rings. The highest BCUT2D eigenvalue weighted by molar-refractivity contribution is 5.55. The molecular weight excluding hydrogens is 196 g/mol. The van der Waals surface area contributed by atoms with Gasteiger partial charge in [-0.2, -0.15) is 0 Å². The molecule has 1 N–H and O–H groups in total. The van der Waals surface area contributed by atoms with Crippen LogP contribution >= 0.6 is 0 Å². The van der Waals surface area contributed by atoms with Crippen molar-refractivity contribution < 1.29 is 19.3 Å². The van der Waals surface area contributed by atoms with E-state index in [0.29, 0.717) is 17.2 Å². The maximum atomic E-state index is 9.40. The summed E-state index contributed by atoms with van der Waals surface area (Å²) < 4.78 is 15.8. The van der Waals surface area contributed by atoms with Crippen molar-refractivity contribution in [3.8, 4) is 23.0 Å². The first kappa shape index (κ1) is 11.5. The second-order valence-corrected chi connectivity index (χ2v) is 3.35. The summed E-state index contributed by atoms with van der Waals surface area (Å²) in [7, 11) is 3.03. The molecule has 0 atom stereocenters. The van der Waals surface area contributed by atoms with Gasteiger partial charge in [0.2, 0.25) is 5.75 Å². The van der Waals surface area contributed by atoms with Crippen LogP contribution in [0.5, 0.6) is 23.0 Å². The van der Waals surface area contributed by atoms with Crippen molar-refractivity contribution in [3.63, 3.8) is 0 Å². The molecule has 0 aromatic heterocycles. The van der Waals surface area contributed by atoms with Gasteiger partial charge in [0.1, 0.15) is 5.75 Å². The molecule has 84 valence electrons. The molecule has 0 amide bonds. The fraction of sp³-hybridized carbons (Fsp3) is 0.455. The predicted molar refractivity (Wildman–Crippen MR) is 57.0 cm³/mol. The highest BCUT2D eigenvalue weighted by Gasteiger charge is 2.14. The number of phenols is 1. The average Bonchev–Trinajstić information content (AvgIpc) is 2.19. The van der Waals surface area contributed by atoms with Gasteiger partial charge in [-0.15, -0.1) is 0 Å². The molecule has 0 aliphatic carbocycles. The fourth-order valence-electron chi connectivity index (χ4n) is 1.22. The molecule has 0 saturated carbocycles. The lowest BCUT2D eigenvalue weighted by Crippen LogP contribution is -2.07. The third kappa shape index (κ3) is 2.68. The van der Waals surface area contributed by atoms with Crippen LogP contribution in [0.25, 0.3) is 0 Å². The number of ether oxygens (including phenoxy) is 3. The van der Waals surface area contributed by atoms with Crippen LogP contribution in [0.1, 0.15) is 13.8 Å². The van der Waals surface area contributed by atoms with Crippen LogP contribution in [-0.2, 0) is 0 Å². The average molecular weight is 212 g/mol. The number of hydrogen-bond acceptors (Lipinski definition) is 4. The zero-order valence-electron chi connectivity index (χ0n) is 9.40. The van der Waals surface area contributed by atoms with Crippen molar-refractivity contribution in [1.29, 1.82) is 0 Å². The monoisotopic (exact) mass is 212 g/mol. The summed E-state index contributed by atoms with van der Waals surface area (Å²) in [5.74, 6) is 1.51. The third-order valence-corrected chi connectivity index (χ3v) is 1.80. The molecule has 15 heavy (non-hydrogen) atoms. The number of phenolic OH excluding ortho intramolecular Hbond substituents is 1. The van der Waals surface area contributed by atoms with Crippen molar-refractivity contribution in [1.82, 2.24) is 0 Å². The molecule has 4 nitrogen and oxygen atoms in total. The van der Waals surface area contributed by atoms with Crippen LogP contribution in [0, 0.1) is 0 Å². The highest BCUT2D eigenvalue weighted by Crippen LogP contribution is 2.41. The van der Waals surface area contributed by atoms with Crippen LogP contribution < -0.4 is 14.2 Å². The van der Waals surface area contributed by atoms with Crippen molar-refractivity contribution >= 4 is 0 Å². The second kappa shape index (κ2) is 4.77. The summed E-state index contributed by atoms with van der Waals surface area (Å²) in [6.45, 7) is 3.82. The summed E-state index contributed by atoms with van der Waals surface area (Å²) in [5, 5.41) is 9.40. The lowest BCUT2D eigenvalue weighted by molar-refractivity contribution is 0.217. The SMILES string of the molecule is COc1cc(O)cc(OC)c1OC(C)C. The van der Waals surface area contributed by atoms with E-state index in [1.807, 2.05) is 13.8 Å². The van der Waals surface area contributed by atoms with E-state index in [1.165, 1.54) is 26.4 Å². The van der Waals surface area contributed by atoms with Crippen LogP contribution in [0.15, 0.2) is 12.1 Å². The van der Waals surface area contributed by atoms with Gasteiger partial charge in [0.05, 0.1) is 20.3 Å². The Morgan fingerprint density at radius 1 is 1.07 bits per heavy atom. The summed E-state index contributed by atoms with van der Waals surface area (Å²) >= 11 is 0. The Bertz CT molecular complexity index is 308. The van der Waals surface area contributed by atoms with Crippen LogP contribution in [0.2, 0.25) is 0 Å². The summed E-state index contributed by atoms with van der Waals surface area (Å²) in [4.78, 5) is 0. The molecular formula is C11H16O4. The van der Waals surface area contributed by atoms with Crippen LogP contribution in [0.3, 0.4) is 0 Å². The molecule has 1 aromatic carbocycles. The van der Waals surface area contributed by atoms with Gasteiger partial charge in [-0.05, 0) is 13.8 Å². The maximum Gasteiger partial charge on any atom is 0.204 e. The van der Waals surface area contributed by atoms with Crippen molar-refractivity contribution in [2.45, 2.75) is 20.0 Å². The normalized spacial score (nSPS) is 10.2. The van der Waals surface area contributed by atoms with Gasteiger partial charge in [0.15, 0.2) is 11.5 Å². The first-order valence-corrected chi connectivity index (χ1v) is 4.70. The number of rotatable bonds is 4. The van der Waals surface area contributed by atoms with Gasteiger partial charge in [-0.1, -0.05) is 0 Å². The van der Waals surface area contributed by atoms with Gasteiger partial charge in [0.25, 0.3) is 0 Å². The van der Waals surface area contributed by atoms with Gasteiger partial charge in [-0.25, -0.2) is 0 Å². The molecule has 4 heteroatoms. The zero-order chi connectivity index (χ0) is 11.4. The van der Waals surface area contributed by atoms with Gasteiger partial charge in [-0.3, -0.25) is 0 Å². The van der Waals surface area contributed by atoms with Crippen molar-refractivity contribution in [3.05, 3.63) is 12.1 Å². The van der Waals surface area contributed by atoms with E-state index in [1.54, 1.807) is 0 Å². The predicted octanol–water partition coefficient (Wildman–Crippen LogP) is 2.20. The Balaban J connectivity index is 3.18. The Morgan fingerprint density at radius 2 is 1.53 bits per heavy atom. The molecule has 0 aliphatic heterocycles.